The summed E-state index contributed by atoms with van der Waals surface area (Å²) in [5.74, 6) is -0.224. The number of piperazine rings is 1. The van der Waals surface area contributed by atoms with E-state index in [1.807, 2.05) is 35.8 Å². The molecule has 1 unspecified atom stereocenters. The van der Waals surface area contributed by atoms with Gasteiger partial charge in [-0.3, -0.25) is 14.5 Å². The molecule has 5 nitrogen and oxygen atoms in total. The van der Waals surface area contributed by atoms with Crippen molar-refractivity contribution in [1.29, 1.82) is 0 Å². The minimum Gasteiger partial charge on any atom is -0.368 e. The Morgan fingerprint density at radius 1 is 1.26 bits per heavy atom. The lowest BCUT2D eigenvalue weighted by Gasteiger charge is -2.36. The van der Waals surface area contributed by atoms with Gasteiger partial charge in [-0.05, 0) is 26.0 Å². The van der Waals surface area contributed by atoms with Crippen molar-refractivity contribution in [2.75, 3.05) is 26.2 Å². The van der Waals surface area contributed by atoms with Gasteiger partial charge in [0.15, 0.2) is 0 Å². The Bertz CT molecular complexity index is 478. The van der Waals surface area contributed by atoms with Crippen LogP contribution in [0.5, 0.6) is 0 Å². The molecule has 0 radical (unpaired) electrons. The van der Waals surface area contributed by atoms with Crippen LogP contribution in [0.25, 0.3) is 0 Å². The van der Waals surface area contributed by atoms with Gasteiger partial charge in [0, 0.05) is 31.1 Å². The molecule has 1 aliphatic heterocycles. The van der Waals surface area contributed by atoms with Crippen molar-refractivity contribution in [3.05, 3.63) is 21.9 Å². The molecule has 104 valence electrons. The lowest BCUT2D eigenvalue weighted by Crippen LogP contribution is -2.54. The van der Waals surface area contributed by atoms with E-state index in [1.165, 1.54) is 11.3 Å². The summed E-state index contributed by atoms with van der Waals surface area (Å²) in [6.07, 6.45) is 0. The Morgan fingerprint density at radius 2 is 1.89 bits per heavy atom. The van der Waals surface area contributed by atoms with Crippen LogP contribution in [-0.4, -0.2) is 53.8 Å². The van der Waals surface area contributed by atoms with Crippen molar-refractivity contribution < 1.29 is 9.59 Å². The number of carbonyl (C=O) groups excluding carboxylic acids is 2. The molecule has 1 aromatic rings. The zero-order valence-electron chi connectivity index (χ0n) is 11.3. The van der Waals surface area contributed by atoms with Gasteiger partial charge in [0.2, 0.25) is 5.91 Å². The molecule has 1 fully saturated rings. The minimum absolute atomic E-state index is 0.0875. The van der Waals surface area contributed by atoms with Crippen LogP contribution in [0, 0.1) is 6.92 Å². The number of primary amides is 1. The summed E-state index contributed by atoms with van der Waals surface area (Å²) < 4.78 is 0. The molecular weight excluding hydrogens is 262 g/mol. The summed E-state index contributed by atoms with van der Waals surface area (Å²) in [6.45, 7) is 6.48. The number of nitrogens with two attached hydrogens (primary N) is 1. The second-order valence-electron chi connectivity index (χ2n) is 4.82. The molecule has 2 amide bonds. The monoisotopic (exact) mass is 281 g/mol. The predicted molar refractivity (Wildman–Crippen MR) is 75.2 cm³/mol. The van der Waals surface area contributed by atoms with Gasteiger partial charge in [-0.2, -0.15) is 0 Å². The van der Waals surface area contributed by atoms with Crippen molar-refractivity contribution >= 4 is 23.2 Å². The smallest absolute Gasteiger partial charge is 0.264 e. The van der Waals surface area contributed by atoms with Gasteiger partial charge in [0.1, 0.15) is 0 Å². The first kappa shape index (κ1) is 14.0. The number of nitrogens with zero attached hydrogens (tertiary/aromatic N) is 2. The molecular formula is C13H19N3O2S. The highest BCUT2D eigenvalue weighted by Gasteiger charge is 2.27. The number of aryl methyl sites for hydroxylation is 1. The fourth-order valence-electron chi connectivity index (χ4n) is 2.20. The molecule has 19 heavy (non-hydrogen) atoms. The lowest BCUT2D eigenvalue weighted by molar-refractivity contribution is -0.123. The second-order valence-corrected chi connectivity index (χ2v) is 6.10. The Balaban J connectivity index is 1.93. The number of thiophene rings is 1. The minimum atomic E-state index is -0.311. The standard InChI is InChI=1S/C13H19N3O2S/c1-9-3-4-11(19-9)13(18)16-7-5-15(6-8-16)10(2)12(14)17/h3-4,10H,5-8H2,1-2H3,(H2,14,17). The third kappa shape index (κ3) is 3.13. The summed E-state index contributed by atoms with van der Waals surface area (Å²) in [4.78, 5) is 29.2. The highest BCUT2D eigenvalue weighted by Crippen LogP contribution is 2.18. The molecule has 0 aromatic carbocycles. The summed E-state index contributed by atoms with van der Waals surface area (Å²) >= 11 is 1.52. The van der Waals surface area contributed by atoms with Crippen LogP contribution in [-0.2, 0) is 4.79 Å². The van der Waals surface area contributed by atoms with Crippen LogP contribution in [0.1, 0.15) is 21.5 Å². The summed E-state index contributed by atoms with van der Waals surface area (Å²) in [7, 11) is 0. The maximum absolute atomic E-state index is 12.2. The molecule has 0 saturated carbocycles. The largest absolute Gasteiger partial charge is 0.368 e. The number of hydrogen-bond acceptors (Lipinski definition) is 4. The van der Waals surface area contributed by atoms with E-state index in [1.54, 1.807) is 0 Å². The Hall–Kier alpha value is -1.40. The first-order chi connectivity index (χ1) is 8.99. The van der Waals surface area contributed by atoms with Crippen LogP contribution in [0.15, 0.2) is 12.1 Å². The normalized spacial score (nSPS) is 18.3. The summed E-state index contributed by atoms with van der Waals surface area (Å²) in [5, 5.41) is 0. The summed E-state index contributed by atoms with van der Waals surface area (Å²) in [6, 6.07) is 3.57. The summed E-state index contributed by atoms with van der Waals surface area (Å²) in [5.41, 5.74) is 5.30. The zero-order valence-corrected chi connectivity index (χ0v) is 12.1. The molecule has 2 rings (SSSR count). The number of carbonyl (C=O) groups is 2. The van der Waals surface area contributed by atoms with Crippen molar-refractivity contribution in [2.45, 2.75) is 19.9 Å². The SMILES string of the molecule is Cc1ccc(C(=O)N2CCN(C(C)C(N)=O)CC2)s1. The van der Waals surface area contributed by atoms with E-state index < -0.39 is 0 Å². The van der Waals surface area contributed by atoms with Gasteiger partial charge in [0.05, 0.1) is 10.9 Å². The highest BCUT2D eigenvalue weighted by atomic mass is 32.1. The highest BCUT2D eigenvalue weighted by molar-refractivity contribution is 7.13. The average Bonchev–Trinajstić information content (AvgIpc) is 2.84. The molecule has 1 aliphatic rings. The number of amides is 2. The van der Waals surface area contributed by atoms with Crippen LogP contribution in [0.2, 0.25) is 0 Å². The third-order valence-electron chi connectivity index (χ3n) is 3.51. The molecule has 6 heteroatoms. The molecule has 2 heterocycles. The molecule has 0 bridgehead atoms. The Morgan fingerprint density at radius 3 is 2.37 bits per heavy atom. The first-order valence-electron chi connectivity index (χ1n) is 6.38. The number of rotatable bonds is 3. The van der Waals surface area contributed by atoms with Crippen LogP contribution in [0.3, 0.4) is 0 Å². The fraction of sp³-hybridized carbons (Fsp3) is 0.538. The molecule has 0 spiro atoms. The van der Waals surface area contributed by atoms with Crippen molar-refractivity contribution in [1.82, 2.24) is 9.80 Å². The third-order valence-corrected chi connectivity index (χ3v) is 4.50. The zero-order chi connectivity index (χ0) is 14.0. The maximum Gasteiger partial charge on any atom is 0.264 e. The quantitative estimate of drug-likeness (QED) is 0.886. The molecule has 0 aliphatic carbocycles. The van der Waals surface area contributed by atoms with Crippen LogP contribution < -0.4 is 5.73 Å². The Labute approximate surface area is 117 Å². The Kier molecular flexibility index (Phi) is 4.21. The van der Waals surface area contributed by atoms with Gasteiger partial charge in [-0.15, -0.1) is 11.3 Å². The van der Waals surface area contributed by atoms with E-state index in [9.17, 15) is 9.59 Å². The fourth-order valence-corrected chi connectivity index (χ4v) is 3.03. The topological polar surface area (TPSA) is 66.6 Å². The van der Waals surface area contributed by atoms with Crippen molar-refractivity contribution in [3.8, 4) is 0 Å². The molecule has 1 aromatic heterocycles. The van der Waals surface area contributed by atoms with Gasteiger partial charge >= 0.3 is 0 Å². The average molecular weight is 281 g/mol. The van der Waals surface area contributed by atoms with Crippen molar-refractivity contribution in [2.24, 2.45) is 5.73 Å². The van der Waals surface area contributed by atoms with Gasteiger partial charge in [-0.25, -0.2) is 0 Å². The van der Waals surface area contributed by atoms with E-state index in [0.29, 0.717) is 26.2 Å². The number of hydrogen-bond donors (Lipinski definition) is 1. The van der Waals surface area contributed by atoms with Gasteiger partial charge in [-0.1, -0.05) is 0 Å². The second kappa shape index (κ2) is 5.71. The maximum atomic E-state index is 12.2. The first-order valence-corrected chi connectivity index (χ1v) is 7.20. The van der Waals surface area contributed by atoms with Gasteiger partial charge < -0.3 is 10.6 Å². The van der Waals surface area contributed by atoms with Crippen LogP contribution >= 0.6 is 11.3 Å². The lowest BCUT2D eigenvalue weighted by atomic mass is 10.2. The predicted octanol–water partition coefficient (Wildman–Crippen LogP) is 0.688. The van der Waals surface area contributed by atoms with E-state index >= 15 is 0 Å². The van der Waals surface area contributed by atoms with Gasteiger partial charge in [0.25, 0.3) is 5.91 Å². The molecule has 1 atom stereocenters. The molecule has 1 saturated heterocycles. The van der Waals surface area contributed by atoms with E-state index in [0.717, 1.165) is 9.75 Å². The van der Waals surface area contributed by atoms with Crippen LogP contribution in [0.4, 0.5) is 0 Å². The molecule has 2 N–H and O–H groups in total. The van der Waals surface area contributed by atoms with Crippen molar-refractivity contribution in [3.63, 3.8) is 0 Å². The van der Waals surface area contributed by atoms with E-state index in [-0.39, 0.29) is 17.9 Å². The van der Waals surface area contributed by atoms with E-state index in [2.05, 4.69) is 0 Å². The van der Waals surface area contributed by atoms with E-state index in [4.69, 9.17) is 5.73 Å².